The second kappa shape index (κ2) is 8.40. The van der Waals surface area contributed by atoms with E-state index in [1.165, 1.54) is 5.56 Å². The molecule has 4 aromatic carbocycles. The lowest BCUT2D eigenvalue weighted by Gasteiger charge is -2.09. The molecule has 0 saturated heterocycles. The van der Waals surface area contributed by atoms with Crippen molar-refractivity contribution >= 4 is 22.4 Å². The van der Waals surface area contributed by atoms with Crippen LogP contribution in [0.1, 0.15) is 21.5 Å². The Kier molecular flexibility index (Phi) is 5.34. The minimum atomic E-state index is -0.308. The number of rotatable bonds is 6. The molecule has 0 saturated carbocycles. The Morgan fingerprint density at radius 3 is 2.11 bits per heavy atom. The van der Waals surface area contributed by atoms with Crippen molar-refractivity contribution in [1.29, 1.82) is 0 Å². The summed E-state index contributed by atoms with van der Waals surface area (Å²) < 4.78 is 5.42. The number of anilines is 1. The quantitative estimate of drug-likeness (QED) is 0.437. The number of ether oxygens (including phenoxy) is 1. The standard InChI is InChI=1S/C25H21NO2/c27-25(28-18-20-9-5-2-6-10-20)23-12-11-22-16-24(14-13-21(22)15-23)26-17-19-7-3-1-4-8-19/h1-16,26H,17-18H2. The Morgan fingerprint density at radius 1 is 0.714 bits per heavy atom. The van der Waals surface area contributed by atoms with Gasteiger partial charge in [0.25, 0.3) is 0 Å². The molecular weight excluding hydrogens is 346 g/mol. The van der Waals surface area contributed by atoms with Crippen molar-refractivity contribution in [2.75, 3.05) is 5.32 Å². The second-order valence-electron chi connectivity index (χ2n) is 6.68. The smallest absolute Gasteiger partial charge is 0.338 e. The zero-order valence-electron chi connectivity index (χ0n) is 15.5. The molecule has 0 radical (unpaired) electrons. The largest absolute Gasteiger partial charge is 0.457 e. The van der Waals surface area contributed by atoms with Crippen LogP contribution in [0.15, 0.2) is 97.1 Å². The number of carbonyl (C=O) groups is 1. The first kappa shape index (κ1) is 17.8. The molecule has 0 fully saturated rings. The van der Waals surface area contributed by atoms with E-state index in [1.54, 1.807) is 0 Å². The molecule has 0 spiro atoms. The first-order valence-electron chi connectivity index (χ1n) is 9.31. The summed E-state index contributed by atoms with van der Waals surface area (Å²) in [6, 6.07) is 31.8. The number of benzene rings is 4. The van der Waals surface area contributed by atoms with Gasteiger partial charge in [0.2, 0.25) is 0 Å². The number of hydrogen-bond acceptors (Lipinski definition) is 3. The van der Waals surface area contributed by atoms with Gasteiger partial charge >= 0.3 is 5.97 Å². The summed E-state index contributed by atoms with van der Waals surface area (Å²) in [5.41, 5.74) is 3.83. The van der Waals surface area contributed by atoms with Gasteiger partial charge in [-0.1, -0.05) is 72.8 Å². The average Bonchev–Trinajstić information content (AvgIpc) is 2.77. The zero-order valence-corrected chi connectivity index (χ0v) is 15.5. The topological polar surface area (TPSA) is 38.3 Å². The van der Waals surface area contributed by atoms with Gasteiger partial charge in [0, 0.05) is 12.2 Å². The molecule has 0 unspecified atom stereocenters. The molecule has 0 aromatic heterocycles. The molecule has 4 aromatic rings. The average molecular weight is 367 g/mol. The van der Waals surface area contributed by atoms with Crippen molar-refractivity contribution in [2.45, 2.75) is 13.2 Å². The first-order chi connectivity index (χ1) is 13.8. The maximum atomic E-state index is 12.4. The highest BCUT2D eigenvalue weighted by atomic mass is 16.5. The van der Waals surface area contributed by atoms with Crippen LogP contribution in [0.3, 0.4) is 0 Å². The molecule has 0 aliphatic rings. The molecule has 28 heavy (non-hydrogen) atoms. The number of esters is 1. The van der Waals surface area contributed by atoms with Crippen LogP contribution >= 0.6 is 0 Å². The predicted molar refractivity (Wildman–Crippen MR) is 113 cm³/mol. The molecule has 138 valence electrons. The SMILES string of the molecule is O=C(OCc1ccccc1)c1ccc2cc(NCc3ccccc3)ccc2c1. The van der Waals surface area contributed by atoms with Crippen LogP contribution in [-0.2, 0) is 17.9 Å². The summed E-state index contributed by atoms with van der Waals surface area (Å²) in [5.74, 6) is -0.308. The Hall–Kier alpha value is -3.59. The van der Waals surface area contributed by atoms with Gasteiger partial charge in [-0.2, -0.15) is 0 Å². The Morgan fingerprint density at radius 2 is 1.36 bits per heavy atom. The van der Waals surface area contributed by atoms with Crippen molar-refractivity contribution in [3.8, 4) is 0 Å². The van der Waals surface area contributed by atoms with Crippen LogP contribution < -0.4 is 5.32 Å². The van der Waals surface area contributed by atoms with Gasteiger partial charge in [-0.05, 0) is 46.2 Å². The molecule has 1 N–H and O–H groups in total. The summed E-state index contributed by atoms with van der Waals surface area (Å²) in [5, 5.41) is 5.53. The van der Waals surface area contributed by atoms with Gasteiger partial charge in [-0.25, -0.2) is 4.79 Å². The number of fused-ring (bicyclic) bond motifs is 1. The lowest BCUT2D eigenvalue weighted by Crippen LogP contribution is -2.05. The Labute approximate surface area is 164 Å². The molecule has 4 rings (SSSR count). The fraction of sp³-hybridized carbons (Fsp3) is 0.0800. The molecule has 0 aliphatic heterocycles. The maximum Gasteiger partial charge on any atom is 0.338 e. The summed E-state index contributed by atoms with van der Waals surface area (Å²) in [7, 11) is 0. The normalized spacial score (nSPS) is 10.6. The van der Waals surface area contributed by atoms with E-state index in [9.17, 15) is 4.79 Å². The summed E-state index contributed by atoms with van der Waals surface area (Å²) in [4.78, 5) is 12.4. The second-order valence-corrected chi connectivity index (χ2v) is 6.68. The van der Waals surface area contributed by atoms with Crippen LogP contribution in [0.5, 0.6) is 0 Å². The molecule has 0 amide bonds. The van der Waals surface area contributed by atoms with Gasteiger partial charge in [-0.3, -0.25) is 0 Å². The molecule has 3 nitrogen and oxygen atoms in total. The van der Waals surface area contributed by atoms with Gasteiger partial charge < -0.3 is 10.1 Å². The van der Waals surface area contributed by atoms with Crippen LogP contribution in [0.2, 0.25) is 0 Å². The number of hydrogen-bond donors (Lipinski definition) is 1. The minimum Gasteiger partial charge on any atom is -0.457 e. The van der Waals surface area contributed by atoms with Crippen molar-refractivity contribution in [1.82, 2.24) is 0 Å². The van der Waals surface area contributed by atoms with Gasteiger partial charge in [0.15, 0.2) is 0 Å². The van der Waals surface area contributed by atoms with Gasteiger partial charge in [0.05, 0.1) is 5.56 Å². The highest BCUT2D eigenvalue weighted by Gasteiger charge is 2.08. The van der Waals surface area contributed by atoms with Gasteiger partial charge in [-0.15, -0.1) is 0 Å². The lowest BCUT2D eigenvalue weighted by molar-refractivity contribution is 0.0473. The van der Waals surface area contributed by atoms with Gasteiger partial charge in [0.1, 0.15) is 6.61 Å². The zero-order chi connectivity index (χ0) is 19.2. The molecule has 3 heteroatoms. The van der Waals surface area contributed by atoms with E-state index in [0.717, 1.165) is 28.6 Å². The molecule has 0 atom stereocenters. The Bertz CT molecular complexity index is 1080. The van der Waals surface area contributed by atoms with Crippen molar-refractivity contribution < 1.29 is 9.53 Å². The summed E-state index contributed by atoms with van der Waals surface area (Å²) in [6.45, 7) is 1.05. The van der Waals surface area contributed by atoms with Crippen molar-refractivity contribution in [3.05, 3.63) is 114 Å². The van der Waals surface area contributed by atoms with E-state index in [0.29, 0.717) is 5.56 Å². The monoisotopic (exact) mass is 367 g/mol. The van der Waals surface area contributed by atoms with E-state index in [1.807, 2.05) is 78.9 Å². The van der Waals surface area contributed by atoms with E-state index >= 15 is 0 Å². The molecule has 0 aliphatic carbocycles. The third-order valence-corrected chi connectivity index (χ3v) is 4.63. The van der Waals surface area contributed by atoms with Crippen LogP contribution in [0.25, 0.3) is 10.8 Å². The number of carbonyl (C=O) groups excluding carboxylic acids is 1. The van der Waals surface area contributed by atoms with E-state index in [4.69, 9.17) is 4.74 Å². The van der Waals surface area contributed by atoms with Crippen molar-refractivity contribution in [3.63, 3.8) is 0 Å². The highest BCUT2D eigenvalue weighted by Crippen LogP contribution is 2.22. The molecular formula is C25H21NO2. The van der Waals surface area contributed by atoms with E-state index < -0.39 is 0 Å². The first-order valence-corrected chi connectivity index (χ1v) is 9.31. The number of nitrogens with one attached hydrogen (secondary N) is 1. The third-order valence-electron chi connectivity index (χ3n) is 4.63. The molecule has 0 heterocycles. The molecule has 0 bridgehead atoms. The van der Waals surface area contributed by atoms with Crippen LogP contribution in [-0.4, -0.2) is 5.97 Å². The fourth-order valence-electron chi connectivity index (χ4n) is 3.09. The van der Waals surface area contributed by atoms with E-state index in [2.05, 4.69) is 23.5 Å². The fourth-order valence-corrected chi connectivity index (χ4v) is 3.09. The lowest BCUT2D eigenvalue weighted by atomic mass is 10.1. The van der Waals surface area contributed by atoms with Crippen LogP contribution in [0.4, 0.5) is 5.69 Å². The van der Waals surface area contributed by atoms with Crippen LogP contribution in [0, 0.1) is 0 Å². The highest BCUT2D eigenvalue weighted by molar-refractivity contribution is 5.96. The summed E-state index contributed by atoms with van der Waals surface area (Å²) >= 11 is 0. The van der Waals surface area contributed by atoms with E-state index in [-0.39, 0.29) is 12.6 Å². The Balaban J connectivity index is 1.43. The van der Waals surface area contributed by atoms with Crippen molar-refractivity contribution in [2.24, 2.45) is 0 Å². The third kappa shape index (κ3) is 4.38. The maximum absolute atomic E-state index is 12.4. The summed E-state index contributed by atoms with van der Waals surface area (Å²) in [6.07, 6.45) is 0. The predicted octanol–water partition coefficient (Wildman–Crippen LogP) is 5.81. The minimum absolute atomic E-state index is 0.278.